The molecular formula is C21H17F3O4. The van der Waals surface area contributed by atoms with Gasteiger partial charge >= 0.3 is 12.1 Å². The maximum absolute atomic E-state index is 13.6. The van der Waals surface area contributed by atoms with E-state index in [0.29, 0.717) is 0 Å². The average molecular weight is 390 g/mol. The van der Waals surface area contributed by atoms with E-state index in [-0.39, 0.29) is 22.3 Å². The Balaban J connectivity index is 2.22. The van der Waals surface area contributed by atoms with E-state index < -0.39 is 34.3 Å². The van der Waals surface area contributed by atoms with E-state index in [9.17, 15) is 22.8 Å². The molecule has 146 valence electrons. The molecule has 0 saturated carbocycles. The highest BCUT2D eigenvalue weighted by Gasteiger charge is 2.39. The van der Waals surface area contributed by atoms with Crippen molar-refractivity contribution in [1.29, 1.82) is 0 Å². The molecule has 0 amide bonds. The van der Waals surface area contributed by atoms with Crippen LogP contribution in [-0.2, 0) is 11.0 Å². The fraction of sp³-hybridized carbons (Fsp3) is 0.238. The molecule has 0 atom stereocenters. The second-order valence-corrected chi connectivity index (χ2v) is 7.30. The van der Waals surface area contributed by atoms with Crippen molar-refractivity contribution in [2.24, 2.45) is 5.41 Å². The fourth-order valence-corrected chi connectivity index (χ4v) is 2.56. The lowest BCUT2D eigenvalue weighted by Gasteiger charge is -2.17. The molecule has 1 aromatic heterocycles. The van der Waals surface area contributed by atoms with Crippen LogP contribution in [0.25, 0.3) is 22.1 Å². The minimum absolute atomic E-state index is 0.00355. The number of esters is 1. The predicted octanol–water partition coefficient (Wildman–Crippen LogP) is 5.43. The standard InChI is InChI=1S/C21H17F3O4/c1-20(2,3)19(26)27-13-9-10-14-15(11-13)28-18(21(22,23)24)16(17(14)25)12-7-5-4-6-8-12/h4-11H,1-3H3. The fourth-order valence-electron chi connectivity index (χ4n) is 2.56. The van der Waals surface area contributed by atoms with Gasteiger partial charge in [-0.05, 0) is 38.5 Å². The zero-order valence-electron chi connectivity index (χ0n) is 15.4. The van der Waals surface area contributed by atoms with Crippen molar-refractivity contribution in [3.8, 4) is 16.9 Å². The first-order chi connectivity index (χ1) is 13.0. The summed E-state index contributed by atoms with van der Waals surface area (Å²) in [5, 5.41) is -0.0394. The van der Waals surface area contributed by atoms with E-state index in [1.807, 2.05) is 0 Å². The molecule has 1 heterocycles. The van der Waals surface area contributed by atoms with E-state index in [1.165, 1.54) is 36.4 Å². The van der Waals surface area contributed by atoms with Crippen molar-refractivity contribution in [1.82, 2.24) is 0 Å². The molecule has 0 aliphatic rings. The van der Waals surface area contributed by atoms with Crippen LogP contribution in [0.2, 0.25) is 0 Å². The molecule has 0 fully saturated rings. The average Bonchev–Trinajstić information content (AvgIpc) is 2.60. The van der Waals surface area contributed by atoms with Gasteiger partial charge < -0.3 is 9.15 Å². The minimum atomic E-state index is -4.88. The molecule has 0 aliphatic carbocycles. The first-order valence-corrected chi connectivity index (χ1v) is 8.44. The Kier molecular flexibility index (Phi) is 4.79. The Morgan fingerprint density at radius 2 is 1.64 bits per heavy atom. The monoisotopic (exact) mass is 390 g/mol. The predicted molar refractivity (Wildman–Crippen MR) is 98.0 cm³/mol. The smallest absolute Gasteiger partial charge is 0.450 e. The molecular weight excluding hydrogens is 373 g/mol. The topological polar surface area (TPSA) is 56.5 Å². The number of rotatable bonds is 2. The molecule has 28 heavy (non-hydrogen) atoms. The van der Waals surface area contributed by atoms with Gasteiger partial charge in [0.15, 0.2) is 0 Å². The van der Waals surface area contributed by atoms with Gasteiger partial charge in [-0.25, -0.2) is 0 Å². The summed E-state index contributed by atoms with van der Waals surface area (Å²) in [5.41, 5.74) is -2.37. The zero-order chi connectivity index (χ0) is 20.7. The summed E-state index contributed by atoms with van der Waals surface area (Å²) >= 11 is 0. The lowest BCUT2D eigenvalue weighted by molar-refractivity contribution is -0.152. The molecule has 0 unspecified atom stereocenters. The number of benzene rings is 2. The van der Waals surface area contributed by atoms with Crippen LogP contribution in [0.4, 0.5) is 13.2 Å². The van der Waals surface area contributed by atoms with Crippen LogP contribution in [0.1, 0.15) is 26.5 Å². The number of hydrogen-bond donors (Lipinski definition) is 0. The molecule has 7 heteroatoms. The Hall–Kier alpha value is -3.09. The largest absolute Gasteiger partial charge is 0.450 e. The van der Waals surface area contributed by atoms with Crippen molar-refractivity contribution in [2.45, 2.75) is 26.9 Å². The van der Waals surface area contributed by atoms with Crippen LogP contribution >= 0.6 is 0 Å². The minimum Gasteiger partial charge on any atom is -0.450 e. The quantitative estimate of drug-likeness (QED) is 0.432. The van der Waals surface area contributed by atoms with E-state index >= 15 is 0 Å². The van der Waals surface area contributed by atoms with Gasteiger partial charge in [-0.15, -0.1) is 0 Å². The number of hydrogen-bond acceptors (Lipinski definition) is 4. The third kappa shape index (κ3) is 3.78. The Bertz CT molecular complexity index is 1090. The number of alkyl halides is 3. The summed E-state index contributed by atoms with van der Waals surface area (Å²) in [7, 11) is 0. The Morgan fingerprint density at radius 3 is 2.21 bits per heavy atom. The van der Waals surface area contributed by atoms with E-state index in [2.05, 4.69) is 0 Å². The number of carbonyl (C=O) groups is 1. The summed E-state index contributed by atoms with van der Waals surface area (Å²) in [6.07, 6.45) is -4.88. The molecule has 0 spiro atoms. The van der Waals surface area contributed by atoms with Crippen LogP contribution in [0, 0.1) is 5.41 Å². The summed E-state index contributed by atoms with van der Waals surface area (Å²) < 4.78 is 51.0. The first-order valence-electron chi connectivity index (χ1n) is 8.44. The molecule has 3 rings (SSSR count). The van der Waals surface area contributed by atoms with Crippen molar-refractivity contribution in [3.63, 3.8) is 0 Å². The number of fused-ring (bicyclic) bond motifs is 1. The lowest BCUT2D eigenvalue weighted by Crippen LogP contribution is -2.25. The van der Waals surface area contributed by atoms with Gasteiger partial charge in [0.1, 0.15) is 11.3 Å². The molecule has 4 nitrogen and oxygen atoms in total. The second-order valence-electron chi connectivity index (χ2n) is 7.30. The van der Waals surface area contributed by atoms with Crippen molar-refractivity contribution < 1.29 is 27.1 Å². The van der Waals surface area contributed by atoms with Crippen LogP contribution in [0.15, 0.2) is 57.7 Å². The molecule has 0 saturated heterocycles. The number of carbonyl (C=O) groups excluding carboxylic acids is 1. The molecule has 2 aromatic carbocycles. The third-order valence-electron chi connectivity index (χ3n) is 4.01. The molecule has 0 bridgehead atoms. The summed E-state index contributed by atoms with van der Waals surface area (Å²) in [5.74, 6) is -1.96. The van der Waals surface area contributed by atoms with Crippen LogP contribution < -0.4 is 10.2 Å². The number of halogens is 3. The lowest BCUT2D eigenvalue weighted by atomic mass is 9.97. The third-order valence-corrected chi connectivity index (χ3v) is 4.01. The van der Waals surface area contributed by atoms with Gasteiger partial charge in [-0.2, -0.15) is 13.2 Å². The maximum atomic E-state index is 13.6. The summed E-state index contributed by atoms with van der Waals surface area (Å²) in [6, 6.07) is 11.3. The van der Waals surface area contributed by atoms with Crippen molar-refractivity contribution in [2.75, 3.05) is 0 Å². The first kappa shape index (κ1) is 19.7. The van der Waals surface area contributed by atoms with Crippen LogP contribution in [-0.4, -0.2) is 5.97 Å². The van der Waals surface area contributed by atoms with Crippen LogP contribution in [0.5, 0.6) is 5.75 Å². The Labute approximate surface area is 158 Å². The van der Waals surface area contributed by atoms with Crippen molar-refractivity contribution in [3.05, 3.63) is 64.5 Å². The van der Waals surface area contributed by atoms with Gasteiger partial charge in [-0.3, -0.25) is 9.59 Å². The van der Waals surface area contributed by atoms with Gasteiger partial charge in [-0.1, -0.05) is 30.3 Å². The molecule has 3 aromatic rings. The van der Waals surface area contributed by atoms with Crippen LogP contribution in [0.3, 0.4) is 0 Å². The normalized spacial score (nSPS) is 12.2. The SMILES string of the molecule is CC(C)(C)C(=O)Oc1ccc2c(=O)c(-c3ccccc3)c(C(F)(F)F)oc2c1. The highest BCUT2D eigenvalue weighted by molar-refractivity contribution is 5.85. The van der Waals surface area contributed by atoms with Gasteiger partial charge in [0.25, 0.3) is 0 Å². The van der Waals surface area contributed by atoms with Gasteiger partial charge in [0, 0.05) is 6.07 Å². The van der Waals surface area contributed by atoms with E-state index in [1.54, 1.807) is 26.8 Å². The van der Waals surface area contributed by atoms with Crippen molar-refractivity contribution >= 4 is 16.9 Å². The maximum Gasteiger partial charge on any atom is 0.450 e. The summed E-state index contributed by atoms with van der Waals surface area (Å²) in [6.45, 7) is 4.93. The van der Waals surface area contributed by atoms with E-state index in [0.717, 1.165) is 6.07 Å². The van der Waals surface area contributed by atoms with Gasteiger partial charge in [0.05, 0.1) is 16.4 Å². The van der Waals surface area contributed by atoms with Gasteiger partial charge in [0.2, 0.25) is 11.2 Å². The zero-order valence-corrected chi connectivity index (χ0v) is 15.4. The van der Waals surface area contributed by atoms with E-state index in [4.69, 9.17) is 9.15 Å². The number of ether oxygens (including phenoxy) is 1. The highest BCUT2D eigenvalue weighted by atomic mass is 19.4. The molecule has 0 aliphatic heterocycles. The molecule has 0 N–H and O–H groups in total. The molecule has 0 radical (unpaired) electrons. The highest BCUT2D eigenvalue weighted by Crippen LogP contribution is 2.37. The summed E-state index contributed by atoms with van der Waals surface area (Å²) in [4.78, 5) is 24.8. The second kappa shape index (κ2) is 6.82. The Morgan fingerprint density at radius 1 is 1.00 bits per heavy atom.